The number of amides is 1. The number of rotatable bonds is 2. The first-order valence-electron chi connectivity index (χ1n) is 6.30. The number of hydrogen-bond donors (Lipinski definition) is 1. The molecule has 0 radical (unpaired) electrons. The molecule has 98 valence electrons. The van der Waals surface area contributed by atoms with E-state index in [1.807, 2.05) is 44.0 Å². The highest BCUT2D eigenvalue weighted by Crippen LogP contribution is 2.18. The van der Waals surface area contributed by atoms with Crippen molar-refractivity contribution in [3.8, 4) is 0 Å². The molecule has 1 N–H and O–H groups in total. The predicted molar refractivity (Wildman–Crippen MR) is 72.0 cm³/mol. The summed E-state index contributed by atoms with van der Waals surface area (Å²) in [6.07, 6.45) is 0. The van der Waals surface area contributed by atoms with E-state index in [0.717, 1.165) is 16.8 Å². The summed E-state index contributed by atoms with van der Waals surface area (Å²) in [5.41, 5.74) is 2.89. The molecule has 1 heterocycles. The predicted octanol–water partition coefficient (Wildman–Crippen LogP) is 1.90. The maximum absolute atomic E-state index is 12.4. The van der Waals surface area contributed by atoms with Gasteiger partial charge in [0.1, 0.15) is 0 Å². The number of carbonyl (C=O) groups excluding carboxylic acids is 1. The quantitative estimate of drug-likeness (QED) is 0.869. The summed E-state index contributed by atoms with van der Waals surface area (Å²) >= 11 is 0. The van der Waals surface area contributed by atoms with E-state index >= 15 is 0 Å². The van der Waals surface area contributed by atoms with Crippen LogP contribution >= 0.6 is 0 Å². The largest absolute Gasteiger partial charge is 0.388 e. The second-order valence-electron chi connectivity index (χ2n) is 4.70. The lowest BCUT2D eigenvalue weighted by molar-refractivity contribution is 0.00359. The van der Waals surface area contributed by atoms with Crippen LogP contribution in [0.3, 0.4) is 0 Å². The molecule has 1 saturated heterocycles. The molecule has 1 aromatic rings. The van der Waals surface area contributed by atoms with Crippen molar-refractivity contribution in [1.82, 2.24) is 4.90 Å². The Morgan fingerprint density at radius 2 is 2.28 bits per heavy atom. The third kappa shape index (κ3) is 2.48. The molecular formula is C14H20N2O2. The Morgan fingerprint density at radius 3 is 2.89 bits per heavy atom. The highest BCUT2D eigenvalue weighted by atomic mass is 16.5. The second-order valence-corrected chi connectivity index (χ2v) is 4.70. The molecule has 4 heteroatoms. The third-order valence-electron chi connectivity index (χ3n) is 3.37. The van der Waals surface area contributed by atoms with Gasteiger partial charge < -0.3 is 15.0 Å². The first-order chi connectivity index (χ1) is 8.63. The van der Waals surface area contributed by atoms with Gasteiger partial charge in [-0.15, -0.1) is 0 Å². The van der Waals surface area contributed by atoms with E-state index in [1.54, 1.807) is 0 Å². The summed E-state index contributed by atoms with van der Waals surface area (Å²) < 4.78 is 5.35. The summed E-state index contributed by atoms with van der Waals surface area (Å²) in [5.74, 6) is 0.0940. The molecule has 1 fully saturated rings. The number of benzene rings is 1. The third-order valence-corrected chi connectivity index (χ3v) is 3.37. The Hall–Kier alpha value is -1.55. The maximum Gasteiger partial charge on any atom is 0.254 e. The molecule has 0 bridgehead atoms. The molecule has 1 aliphatic rings. The fourth-order valence-corrected chi connectivity index (χ4v) is 2.27. The number of anilines is 1. The van der Waals surface area contributed by atoms with Gasteiger partial charge in [0.2, 0.25) is 0 Å². The molecule has 1 unspecified atom stereocenters. The lowest BCUT2D eigenvalue weighted by atomic mass is 10.1. The number of ether oxygens (including phenoxy) is 1. The number of nitrogens with zero attached hydrogens (tertiary/aromatic N) is 1. The zero-order valence-electron chi connectivity index (χ0n) is 11.2. The summed E-state index contributed by atoms with van der Waals surface area (Å²) in [4.78, 5) is 14.3. The van der Waals surface area contributed by atoms with Crippen LogP contribution in [0, 0.1) is 6.92 Å². The Labute approximate surface area is 108 Å². The number of morpholine rings is 1. The van der Waals surface area contributed by atoms with Gasteiger partial charge in [-0.25, -0.2) is 0 Å². The molecule has 0 aromatic heterocycles. The Bertz CT molecular complexity index is 445. The molecule has 1 amide bonds. The van der Waals surface area contributed by atoms with Crippen LogP contribution in [0.15, 0.2) is 18.2 Å². The standard InChI is InChI=1S/C14H20N2O2/c1-10-8-12(4-5-13(10)15-3)14(17)16-6-7-18-9-11(16)2/h4-5,8,11,15H,6-7,9H2,1-3H3. The molecule has 0 aliphatic carbocycles. The smallest absolute Gasteiger partial charge is 0.254 e. The summed E-state index contributed by atoms with van der Waals surface area (Å²) in [6.45, 7) is 5.95. The minimum atomic E-state index is 0.0940. The van der Waals surface area contributed by atoms with Crippen molar-refractivity contribution < 1.29 is 9.53 Å². The van der Waals surface area contributed by atoms with Crippen molar-refractivity contribution in [2.75, 3.05) is 32.1 Å². The highest BCUT2D eigenvalue weighted by molar-refractivity contribution is 5.95. The van der Waals surface area contributed by atoms with E-state index in [9.17, 15) is 4.79 Å². The van der Waals surface area contributed by atoms with E-state index in [2.05, 4.69) is 5.32 Å². The van der Waals surface area contributed by atoms with E-state index in [1.165, 1.54) is 0 Å². The van der Waals surface area contributed by atoms with E-state index < -0.39 is 0 Å². The molecule has 4 nitrogen and oxygen atoms in total. The summed E-state index contributed by atoms with van der Waals surface area (Å²) in [5, 5.41) is 3.10. The van der Waals surface area contributed by atoms with Crippen LogP contribution in [0.4, 0.5) is 5.69 Å². The molecule has 1 atom stereocenters. The van der Waals surface area contributed by atoms with Gasteiger partial charge in [-0.3, -0.25) is 4.79 Å². The minimum Gasteiger partial charge on any atom is -0.388 e. The van der Waals surface area contributed by atoms with Gasteiger partial charge in [0, 0.05) is 24.8 Å². The van der Waals surface area contributed by atoms with Gasteiger partial charge in [-0.1, -0.05) is 0 Å². The van der Waals surface area contributed by atoms with Crippen molar-refractivity contribution >= 4 is 11.6 Å². The van der Waals surface area contributed by atoms with E-state index in [0.29, 0.717) is 19.8 Å². The zero-order valence-corrected chi connectivity index (χ0v) is 11.2. The van der Waals surface area contributed by atoms with Crippen LogP contribution in [-0.2, 0) is 4.74 Å². The molecule has 0 spiro atoms. The lowest BCUT2D eigenvalue weighted by Gasteiger charge is -2.33. The monoisotopic (exact) mass is 248 g/mol. The average molecular weight is 248 g/mol. The summed E-state index contributed by atoms with van der Waals surface area (Å²) in [6, 6.07) is 5.92. The second kappa shape index (κ2) is 5.40. The van der Waals surface area contributed by atoms with Crippen LogP contribution in [-0.4, -0.2) is 43.7 Å². The van der Waals surface area contributed by atoms with E-state index in [-0.39, 0.29) is 11.9 Å². The van der Waals surface area contributed by atoms with Crippen molar-refractivity contribution in [1.29, 1.82) is 0 Å². The van der Waals surface area contributed by atoms with Crippen molar-refractivity contribution in [2.24, 2.45) is 0 Å². The van der Waals surface area contributed by atoms with Crippen molar-refractivity contribution in [3.05, 3.63) is 29.3 Å². The van der Waals surface area contributed by atoms with Gasteiger partial charge >= 0.3 is 0 Å². The first kappa shape index (κ1) is 12.9. The fraction of sp³-hybridized carbons (Fsp3) is 0.500. The molecule has 0 saturated carbocycles. The SMILES string of the molecule is CNc1ccc(C(=O)N2CCOCC2C)cc1C. The van der Waals surface area contributed by atoms with Crippen molar-refractivity contribution in [2.45, 2.75) is 19.9 Å². The minimum absolute atomic E-state index is 0.0940. The van der Waals surface area contributed by atoms with Gasteiger partial charge in [0.05, 0.1) is 19.3 Å². The van der Waals surface area contributed by atoms with Gasteiger partial charge in [-0.05, 0) is 37.6 Å². The maximum atomic E-state index is 12.4. The number of carbonyl (C=O) groups is 1. The lowest BCUT2D eigenvalue weighted by Crippen LogP contribution is -2.47. The fourth-order valence-electron chi connectivity index (χ4n) is 2.27. The number of hydrogen-bond acceptors (Lipinski definition) is 3. The average Bonchev–Trinajstić information content (AvgIpc) is 2.38. The molecule has 1 aliphatic heterocycles. The van der Waals surface area contributed by atoms with Crippen LogP contribution in [0.25, 0.3) is 0 Å². The molecule has 18 heavy (non-hydrogen) atoms. The van der Waals surface area contributed by atoms with Crippen LogP contribution in [0.2, 0.25) is 0 Å². The van der Waals surface area contributed by atoms with Crippen LogP contribution < -0.4 is 5.32 Å². The molecule has 1 aromatic carbocycles. The topological polar surface area (TPSA) is 41.6 Å². The Morgan fingerprint density at radius 1 is 1.50 bits per heavy atom. The first-order valence-corrected chi connectivity index (χ1v) is 6.30. The van der Waals surface area contributed by atoms with Crippen molar-refractivity contribution in [3.63, 3.8) is 0 Å². The molecule has 2 rings (SSSR count). The Kier molecular flexibility index (Phi) is 3.87. The highest BCUT2D eigenvalue weighted by Gasteiger charge is 2.24. The van der Waals surface area contributed by atoms with Crippen LogP contribution in [0.1, 0.15) is 22.8 Å². The van der Waals surface area contributed by atoms with E-state index in [4.69, 9.17) is 4.74 Å². The van der Waals surface area contributed by atoms with Gasteiger partial charge in [0.25, 0.3) is 5.91 Å². The zero-order chi connectivity index (χ0) is 13.1. The molecular weight excluding hydrogens is 228 g/mol. The Balaban J connectivity index is 2.20. The van der Waals surface area contributed by atoms with Gasteiger partial charge in [0.15, 0.2) is 0 Å². The van der Waals surface area contributed by atoms with Gasteiger partial charge in [-0.2, -0.15) is 0 Å². The normalized spacial score (nSPS) is 19.7. The number of aryl methyl sites for hydroxylation is 1. The van der Waals surface area contributed by atoms with Crippen LogP contribution in [0.5, 0.6) is 0 Å². The number of nitrogens with one attached hydrogen (secondary N) is 1. The summed E-state index contributed by atoms with van der Waals surface area (Å²) in [7, 11) is 1.88.